The van der Waals surface area contributed by atoms with E-state index in [4.69, 9.17) is 4.74 Å². The highest BCUT2D eigenvalue weighted by Crippen LogP contribution is 2.27. The average molecular weight is 206 g/mol. The van der Waals surface area contributed by atoms with E-state index >= 15 is 0 Å². The largest absolute Gasteiger partial charge is 0.486 e. The summed E-state index contributed by atoms with van der Waals surface area (Å²) in [4.78, 5) is 4.10. The maximum absolute atomic E-state index is 6.07. The van der Waals surface area contributed by atoms with E-state index in [0.29, 0.717) is 0 Å². The normalized spacial score (nSPS) is 19.9. The van der Waals surface area contributed by atoms with Gasteiger partial charge < -0.3 is 10.1 Å². The number of ether oxygens (including phenoxy) is 1. The number of rotatable bonds is 2. The lowest BCUT2D eigenvalue weighted by molar-refractivity contribution is 0.0545. The quantitative estimate of drug-likeness (QED) is 0.802. The van der Waals surface area contributed by atoms with E-state index in [-0.39, 0.29) is 5.60 Å². The van der Waals surface area contributed by atoms with Crippen LogP contribution in [0.3, 0.4) is 0 Å². The first kappa shape index (κ1) is 10.4. The third kappa shape index (κ3) is 2.48. The molecular formula is C12H18N2O. The van der Waals surface area contributed by atoms with Gasteiger partial charge in [-0.2, -0.15) is 0 Å². The first-order chi connectivity index (χ1) is 7.20. The maximum atomic E-state index is 6.07. The molecule has 1 aliphatic rings. The smallest absolute Gasteiger partial charge is 0.141 e. The molecule has 1 aromatic heterocycles. The summed E-state index contributed by atoms with van der Waals surface area (Å²) in [5.41, 5.74) is 1.13. The Morgan fingerprint density at radius 2 is 2.13 bits per heavy atom. The van der Waals surface area contributed by atoms with Gasteiger partial charge in [0.05, 0.1) is 6.20 Å². The molecule has 1 fully saturated rings. The van der Waals surface area contributed by atoms with Crippen molar-refractivity contribution < 1.29 is 4.74 Å². The molecule has 0 unspecified atom stereocenters. The molecule has 0 bridgehead atoms. The fourth-order valence-corrected chi connectivity index (χ4v) is 1.88. The molecule has 0 atom stereocenters. The molecule has 2 heterocycles. The minimum absolute atomic E-state index is 0.0287. The van der Waals surface area contributed by atoms with Gasteiger partial charge in [-0.05, 0) is 51.4 Å². The summed E-state index contributed by atoms with van der Waals surface area (Å²) in [7, 11) is 0. The Hall–Kier alpha value is -1.09. The summed E-state index contributed by atoms with van der Waals surface area (Å²) in [5.74, 6) is 0.918. The minimum Gasteiger partial charge on any atom is -0.486 e. The molecule has 1 N–H and O–H groups in total. The van der Waals surface area contributed by atoms with Crippen LogP contribution in [-0.4, -0.2) is 23.7 Å². The first-order valence-electron chi connectivity index (χ1n) is 5.50. The van der Waals surface area contributed by atoms with Crippen molar-refractivity contribution in [2.75, 3.05) is 13.1 Å². The Kier molecular flexibility index (Phi) is 2.91. The number of hydrogen-bond donors (Lipinski definition) is 1. The standard InChI is InChI=1S/C12H18N2O/c1-10-3-6-14-9-11(10)15-12(2)4-7-13-8-5-12/h3,6,9,13H,4-5,7-8H2,1-2H3. The van der Waals surface area contributed by atoms with Crippen molar-refractivity contribution in [2.45, 2.75) is 32.3 Å². The van der Waals surface area contributed by atoms with Gasteiger partial charge in [-0.25, -0.2) is 0 Å². The average Bonchev–Trinajstić information content (AvgIpc) is 2.22. The van der Waals surface area contributed by atoms with E-state index < -0.39 is 0 Å². The van der Waals surface area contributed by atoms with E-state index in [1.807, 2.05) is 12.3 Å². The lowest BCUT2D eigenvalue weighted by Crippen LogP contribution is -2.43. The van der Waals surface area contributed by atoms with E-state index in [0.717, 1.165) is 37.2 Å². The number of aryl methyl sites for hydroxylation is 1. The van der Waals surface area contributed by atoms with Gasteiger partial charge >= 0.3 is 0 Å². The van der Waals surface area contributed by atoms with Crippen molar-refractivity contribution in [3.8, 4) is 5.75 Å². The molecule has 82 valence electrons. The molecule has 1 aliphatic heterocycles. The second-order valence-electron chi connectivity index (χ2n) is 4.44. The summed E-state index contributed by atoms with van der Waals surface area (Å²) in [6, 6.07) is 1.99. The predicted molar refractivity (Wildman–Crippen MR) is 60.1 cm³/mol. The third-order valence-electron chi connectivity index (χ3n) is 3.01. The first-order valence-corrected chi connectivity index (χ1v) is 5.50. The second-order valence-corrected chi connectivity index (χ2v) is 4.44. The van der Waals surface area contributed by atoms with Gasteiger partial charge in [0.2, 0.25) is 0 Å². The van der Waals surface area contributed by atoms with Crippen LogP contribution in [0.2, 0.25) is 0 Å². The van der Waals surface area contributed by atoms with Gasteiger partial charge in [0, 0.05) is 6.20 Å². The van der Waals surface area contributed by atoms with Crippen molar-refractivity contribution in [3.63, 3.8) is 0 Å². The molecule has 0 spiro atoms. The minimum atomic E-state index is -0.0287. The molecule has 1 aromatic rings. The summed E-state index contributed by atoms with van der Waals surface area (Å²) in [6.45, 7) is 6.31. The molecule has 3 heteroatoms. The van der Waals surface area contributed by atoms with E-state index in [9.17, 15) is 0 Å². The van der Waals surface area contributed by atoms with Crippen LogP contribution in [0.15, 0.2) is 18.5 Å². The highest BCUT2D eigenvalue weighted by atomic mass is 16.5. The molecule has 3 nitrogen and oxygen atoms in total. The zero-order valence-corrected chi connectivity index (χ0v) is 9.42. The Morgan fingerprint density at radius 3 is 2.80 bits per heavy atom. The van der Waals surface area contributed by atoms with Crippen molar-refractivity contribution in [1.29, 1.82) is 0 Å². The van der Waals surface area contributed by atoms with Crippen molar-refractivity contribution in [2.24, 2.45) is 0 Å². The lowest BCUT2D eigenvalue weighted by Gasteiger charge is -2.35. The van der Waals surface area contributed by atoms with Crippen LogP contribution in [0.25, 0.3) is 0 Å². The van der Waals surface area contributed by atoms with E-state index in [2.05, 4.69) is 24.1 Å². The van der Waals surface area contributed by atoms with Gasteiger partial charge in [-0.3, -0.25) is 4.98 Å². The second kappa shape index (κ2) is 4.19. The highest BCUT2D eigenvalue weighted by molar-refractivity contribution is 5.28. The molecule has 0 radical (unpaired) electrons. The number of pyridine rings is 1. The Morgan fingerprint density at radius 1 is 1.40 bits per heavy atom. The highest BCUT2D eigenvalue weighted by Gasteiger charge is 2.28. The third-order valence-corrected chi connectivity index (χ3v) is 3.01. The molecule has 1 saturated heterocycles. The molecule has 0 amide bonds. The van der Waals surface area contributed by atoms with Crippen LogP contribution in [0.1, 0.15) is 25.3 Å². The molecule has 2 rings (SSSR count). The van der Waals surface area contributed by atoms with Crippen molar-refractivity contribution in [3.05, 3.63) is 24.0 Å². The Balaban J connectivity index is 2.10. The van der Waals surface area contributed by atoms with E-state index in [1.165, 1.54) is 0 Å². The molecule has 0 aliphatic carbocycles. The zero-order chi connectivity index (χ0) is 10.7. The molecule has 0 aromatic carbocycles. The fraction of sp³-hybridized carbons (Fsp3) is 0.583. The van der Waals surface area contributed by atoms with E-state index in [1.54, 1.807) is 6.20 Å². The molecule has 0 saturated carbocycles. The topological polar surface area (TPSA) is 34.1 Å². The molecule has 15 heavy (non-hydrogen) atoms. The van der Waals surface area contributed by atoms with Crippen molar-refractivity contribution >= 4 is 0 Å². The summed E-state index contributed by atoms with van der Waals surface area (Å²) < 4.78 is 6.07. The predicted octanol–water partition coefficient (Wildman–Crippen LogP) is 1.91. The monoisotopic (exact) mass is 206 g/mol. The summed E-state index contributed by atoms with van der Waals surface area (Å²) in [6.07, 6.45) is 5.72. The molecular weight excluding hydrogens is 188 g/mol. The fourth-order valence-electron chi connectivity index (χ4n) is 1.88. The lowest BCUT2D eigenvalue weighted by atomic mass is 9.94. The Labute approximate surface area is 90.9 Å². The van der Waals surface area contributed by atoms with Gasteiger partial charge in [-0.1, -0.05) is 0 Å². The number of nitrogens with one attached hydrogen (secondary N) is 1. The van der Waals surface area contributed by atoms with Crippen LogP contribution in [0, 0.1) is 6.92 Å². The summed E-state index contributed by atoms with van der Waals surface area (Å²) >= 11 is 0. The van der Waals surface area contributed by atoms with Crippen molar-refractivity contribution in [1.82, 2.24) is 10.3 Å². The van der Waals surface area contributed by atoms with Gasteiger partial charge in [0.1, 0.15) is 11.4 Å². The van der Waals surface area contributed by atoms with Gasteiger partial charge in [-0.15, -0.1) is 0 Å². The number of piperidine rings is 1. The maximum Gasteiger partial charge on any atom is 0.141 e. The number of hydrogen-bond acceptors (Lipinski definition) is 3. The van der Waals surface area contributed by atoms with Gasteiger partial charge in [0.15, 0.2) is 0 Å². The van der Waals surface area contributed by atoms with Crippen LogP contribution < -0.4 is 10.1 Å². The van der Waals surface area contributed by atoms with Crippen LogP contribution in [0.5, 0.6) is 5.75 Å². The number of nitrogens with zero attached hydrogens (tertiary/aromatic N) is 1. The SMILES string of the molecule is Cc1ccncc1OC1(C)CCNCC1. The van der Waals surface area contributed by atoms with Crippen LogP contribution >= 0.6 is 0 Å². The zero-order valence-electron chi connectivity index (χ0n) is 9.42. The van der Waals surface area contributed by atoms with Crippen LogP contribution in [-0.2, 0) is 0 Å². The Bertz CT molecular complexity index is 332. The van der Waals surface area contributed by atoms with Crippen LogP contribution in [0.4, 0.5) is 0 Å². The number of aromatic nitrogens is 1. The summed E-state index contributed by atoms with van der Waals surface area (Å²) in [5, 5.41) is 3.34. The van der Waals surface area contributed by atoms with Gasteiger partial charge in [0.25, 0.3) is 0 Å².